The number of carboxylic acids is 1. The molecule has 1 saturated heterocycles. The van der Waals surface area contributed by atoms with Crippen molar-refractivity contribution < 1.29 is 28.9 Å². The molecular weight excluding hydrogens is 583 g/mol. The lowest BCUT2D eigenvalue weighted by Crippen LogP contribution is -2.71. The minimum Gasteiger partial charge on any atom is -0.477 e. The molecule has 2 amide bonds. The second-order valence-electron chi connectivity index (χ2n) is 8.29. The fourth-order valence-electron chi connectivity index (χ4n) is 3.80. The van der Waals surface area contributed by atoms with Crippen LogP contribution in [0.15, 0.2) is 50.0 Å². The van der Waals surface area contributed by atoms with Crippen LogP contribution in [0.1, 0.15) is 17.8 Å². The number of oxime groups is 1. The van der Waals surface area contributed by atoms with Gasteiger partial charge in [0, 0.05) is 33.7 Å². The van der Waals surface area contributed by atoms with Gasteiger partial charge in [-0.25, -0.2) is 19.3 Å². The second-order valence-corrected chi connectivity index (χ2v) is 12.5. The molecule has 5 heterocycles. The number of thioether (sulfide) groups is 2. The van der Waals surface area contributed by atoms with Crippen LogP contribution in [-0.4, -0.2) is 71.6 Å². The topological polar surface area (TPSA) is 151 Å². The van der Waals surface area contributed by atoms with E-state index in [0.29, 0.717) is 20.0 Å². The lowest BCUT2D eigenvalue weighted by atomic mass is 10.0. The fourth-order valence-corrected chi connectivity index (χ4v) is 7.74. The lowest BCUT2D eigenvalue weighted by molar-refractivity contribution is -0.671. The van der Waals surface area contributed by atoms with Gasteiger partial charge in [-0.1, -0.05) is 16.9 Å². The molecule has 2 aliphatic rings. The summed E-state index contributed by atoms with van der Waals surface area (Å²) in [6, 6.07) is 2.98. The van der Waals surface area contributed by atoms with Crippen molar-refractivity contribution in [2.45, 2.75) is 29.6 Å². The zero-order chi connectivity index (χ0) is 27.7. The summed E-state index contributed by atoms with van der Waals surface area (Å²) in [5.74, 6) is -1.97. The molecule has 0 spiro atoms. The number of aliphatic carboxylic acids is 1. The number of nitrogens with zero attached hydrogens (tertiary/aromatic N) is 6. The van der Waals surface area contributed by atoms with Crippen LogP contribution in [-0.2, 0) is 26.3 Å². The number of amides is 2. The number of hydrogen-bond donors (Lipinski definition) is 2. The quantitative estimate of drug-likeness (QED) is 0.161. The Morgan fingerprint density at radius 1 is 1.33 bits per heavy atom. The van der Waals surface area contributed by atoms with Crippen molar-refractivity contribution in [2.75, 3.05) is 12.4 Å². The molecule has 1 fully saturated rings. The van der Waals surface area contributed by atoms with Crippen LogP contribution in [0.4, 0.5) is 0 Å². The maximum Gasteiger partial charge on any atom is 0.353 e. The van der Waals surface area contributed by atoms with E-state index in [-0.39, 0.29) is 23.8 Å². The van der Waals surface area contributed by atoms with Gasteiger partial charge >= 0.3 is 5.97 Å². The monoisotopic (exact) mass is 604 g/mol. The molecule has 16 heteroatoms. The van der Waals surface area contributed by atoms with E-state index >= 15 is 0 Å². The van der Waals surface area contributed by atoms with E-state index in [9.17, 15) is 19.5 Å². The summed E-state index contributed by atoms with van der Waals surface area (Å²) in [5.41, 5.74) is 1.50. The first-order valence-corrected chi connectivity index (χ1v) is 15.1. The molecule has 0 unspecified atom stereocenters. The molecule has 12 nitrogen and oxygen atoms in total. The van der Waals surface area contributed by atoms with Gasteiger partial charge in [0.1, 0.15) is 35.8 Å². The molecule has 3 aromatic heterocycles. The standard InChI is InChI=1S/C23H21N7O5S4/c1-4-35-27-15(18-24-11(2)39-28-18)19(31)26-16-20(32)30-17(22(33)34)14(10-36-21(16)30)38-23-25-13(9-37-23)12-5-7-29(3)8-6-12/h5-9,16,21H,4,10H2,1-3H3,(H-,26,31,33,34)/p+1/t16-,21-/m1/s1. The van der Waals surface area contributed by atoms with E-state index < -0.39 is 29.2 Å². The van der Waals surface area contributed by atoms with Crippen LogP contribution in [0.5, 0.6) is 0 Å². The normalized spacial score (nSPS) is 19.0. The zero-order valence-electron chi connectivity index (χ0n) is 20.9. The minimum absolute atomic E-state index is 0.0947. The van der Waals surface area contributed by atoms with E-state index in [0.717, 1.165) is 22.8 Å². The smallest absolute Gasteiger partial charge is 0.353 e. The van der Waals surface area contributed by atoms with Crippen molar-refractivity contribution in [3.8, 4) is 11.3 Å². The number of β-lactam (4-membered cyclic amide) rings is 1. The summed E-state index contributed by atoms with van der Waals surface area (Å²) in [5, 5.41) is 18.5. The fraction of sp³-hybridized carbons (Fsp3) is 0.304. The highest BCUT2D eigenvalue weighted by Crippen LogP contribution is 2.46. The first kappa shape index (κ1) is 27.2. The largest absolute Gasteiger partial charge is 0.477 e. The third kappa shape index (κ3) is 5.54. The van der Waals surface area contributed by atoms with Crippen LogP contribution < -0.4 is 9.88 Å². The summed E-state index contributed by atoms with van der Waals surface area (Å²) in [6.45, 7) is 3.69. The molecule has 0 saturated carbocycles. The van der Waals surface area contributed by atoms with Gasteiger partial charge in [-0.05, 0) is 25.4 Å². The SMILES string of the molecule is CCON=C(C(=O)N[C@@H]1C(=O)N2C(C(=O)O)=C(Sc3nc(-c4cc[n+](C)cc4)cs3)CS[C@H]12)c1nsc(C)n1. The maximum absolute atomic E-state index is 13.1. The van der Waals surface area contributed by atoms with Crippen molar-refractivity contribution in [3.63, 3.8) is 0 Å². The number of aryl methyl sites for hydroxylation is 2. The zero-order valence-corrected chi connectivity index (χ0v) is 24.1. The van der Waals surface area contributed by atoms with E-state index in [1.165, 1.54) is 39.8 Å². The molecule has 0 bridgehead atoms. The van der Waals surface area contributed by atoms with Gasteiger partial charge in [-0.2, -0.15) is 4.37 Å². The minimum atomic E-state index is -1.21. The molecule has 3 aromatic rings. The molecular formula is C23H22N7O5S4+. The van der Waals surface area contributed by atoms with Gasteiger partial charge in [0.25, 0.3) is 11.8 Å². The number of carbonyl (C=O) groups is 3. The average molecular weight is 605 g/mol. The van der Waals surface area contributed by atoms with Crippen LogP contribution in [0.2, 0.25) is 0 Å². The summed E-state index contributed by atoms with van der Waals surface area (Å²) >= 11 is 5.13. The number of carboxylic acid groups (broad SMARTS) is 1. The molecule has 0 radical (unpaired) electrons. The average Bonchev–Trinajstić information content (AvgIpc) is 3.56. The molecule has 0 aliphatic carbocycles. The van der Waals surface area contributed by atoms with Crippen LogP contribution in [0, 0.1) is 6.92 Å². The Labute approximate surface area is 239 Å². The van der Waals surface area contributed by atoms with Crippen molar-refractivity contribution in [2.24, 2.45) is 12.2 Å². The number of hydrogen-bond acceptors (Lipinski definition) is 12. The second kappa shape index (κ2) is 11.4. The Morgan fingerprint density at radius 2 is 2.10 bits per heavy atom. The predicted octanol–water partition coefficient (Wildman–Crippen LogP) is 2.02. The lowest BCUT2D eigenvalue weighted by Gasteiger charge is -2.49. The first-order chi connectivity index (χ1) is 18.8. The van der Waals surface area contributed by atoms with Gasteiger partial charge in [0.2, 0.25) is 11.5 Å². The molecule has 2 atom stereocenters. The van der Waals surface area contributed by atoms with Crippen molar-refractivity contribution in [3.05, 3.63) is 51.3 Å². The number of carbonyl (C=O) groups excluding carboxylic acids is 2. The highest BCUT2D eigenvalue weighted by molar-refractivity contribution is 8.07. The third-order valence-electron chi connectivity index (χ3n) is 5.63. The Morgan fingerprint density at radius 3 is 2.77 bits per heavy atom. The van der Waals surface area contributed by atoms with Gasteiger partial charge in [0.15, 0.2) is 16.7 Å². The number of nitrogens with one attached hydrogen (secondary N) is 1. The van der Waals surface area contributed by atoms with Crippen molar-refractivity contribution >= 4 is 69.9 Å². The number of rotatable bonds is 9. The molecule has 0 aromatic carbocycles. The summed E-state index contributed by atoms with van der Waals surface area (Å²) < 4.78 is 6.71. The van der Waals surface area contributed by atoms with E-state index in [1.54, 1.807) is 13.8 Å². The number of pyridine rings is 1. The van der Waals surface area contributed by atoms with Crippen molar-refractivity contribution in [1.29, 1.82) is 0 Å². The van der Waals surface area contributed by atoms with E-state index in [1.807, 2.05) is 41.5 Å². The van der Waals surface area contributed by atoms with E-state index in [2.05, 4.69) is 24.8 Å². The number of aromatic nitrogens is 4. The van der Waals surface area contributed by atoms with E-state index in [4.69, 9.17) is 4.84 Å². The molecule has 202 valence electrons. The van der Waals surface area contributed by atoms with Gasteiger partial charge in [0.05, 0.1) is 5.69 Å². The van der Waals surface area contributed by atoms with Gasteiger partial charge < -0.3 is 15.3 Å². The van der Waals surface area contributed by atoms with Crippen LogP contribution in [0.3, 0.4) is 0 Å². The highest BCUT2D eigenvalue weighted by atomic mass is 32.2. The number of thiazole rings is 1. The van der Waals surface area contributed by atoms with Crippen LogP contribution in [0.25, 0.3) is 11.3 Å². The summed E-state index contributed by atoms with van der Waals surface area (Å²) in [4.78, 5) is 54.0. The Hall–Kier alpha value is -3.34. The molecule has 2 aliphatic heterocycles. The van der Waals surface area contributed by atoms with Gasteiger partial charge in [-0.15, -0.1) is 23.1 Å². The molecule has 2 N–H and O–H groups in total. The highest BCUT2D eigenvalue weighted by Gasteiger charge is 2.54. The molecule has 39 heavy (non-hydrogen) atoms. The Bertz CT molecular complexity index is 1500. The summed E-state index contributed by atoms with van der Waals surface area (Å²) in [7, 11) is 1.93. The number of fused-ring (bicyclic) bond motifs is 1. The Balaban J connectivity index is 1.32. The molecule has 5 rings (SSSR count). The Kier molecular flexibility index (Phi) is 7.97. The maximum atomic E-state index is 13.1. The summed E-state index contributed by atoms with van der Waals surface area (Å²) in [6.07, 6.45) is 3.85. The predicted molar refractivity (Wildman–Crippen MR) is 147 cm³/mol. The van der Waals surface area contributed by atoms with Crippen molar-refractivity contribution in [1.82, 2.24) is 24.6 Å². The third-order valence-corrected chi connectivity index (χ3v) is 9.73. The van der Waals surface area contributed by atoms with Crippen LogP contribution >= 0.6 is 46.4 Å². The first-order valence-electron chi connectivity index (χ1n) is 11.6. The van der Waals surface area contributed by atoms with Gasteiger partial charge in [-0.3, -0.25) is 14.5 Å².